The Labute approximate surface area is 151 Å². The van der Waals surface area contributed by atoms with Gasteiger partial charge in [0.1, 0.15) is 16.9 Å². The van der Waals surface area contributed by atoms with Crippen molar-refractivity contribution >= 4 is 37.7 Å². The van der Waals surface area contributed by atoms with E-state index in [0.29, 0.717) is 12.2 Å². The molecule has 2 heterocycles. The standard InChI is InChI=1S/C19H19NO5S/c1-19(8-9-26(22,23)12-19)20-18(21)11-24-13-6-7-17-15(10-13)14-4-2-3-5-16(14)25-17/h2-7,10H,8-9,11-12H2,1H3,(H,20,21)/t19-/m1/s1. The number of rotatable bonds is 4. The minimum absolute atomic E-state index is 0.0291. The van der Waals surface area contributed by atoms with E-state index in [1.807, 2.05) is 36.4 Å². The van der Waals surface area contributed by atoms with Gasteiger partial charge in [0.05, 0.1) is 17.0 Å². The van der Waals surface area contributed by atoms with Gasteiger partial charge >= 0.3 is 0 Å². The Balaban J connectivity index is 1.46. The number of ether oxygens (including phenoxy) is 1. The van der Waals surface area contributed by atoms with Gasteiger partial charge in [-0.1, -0.05) is 18.2 Å². The lowest BCUT2D eigenvalue weighted by atomic mass is 10.0. The van der Waals surface area contributed by atoms with Gasteiger partial charge in [-0.2, -0.15) is 0 Å². The highest BCUT2D eigenvalue weighted by Crippen LogP contribution is 2.31. The molecule has 1 aromatic heterocycles. The summed E-state index contributed by atoms with van der Waals surface area (Å²) in [6, 6.07) is 13.1. The second-order valence-corrected chi connectivity index (χ2v) is 9.18. The molecule has 26 heavy (non-hydrogen) atoms. The van der Waals surface area contributed by atoms with Crippen LogP contribution in [-0.4, -0.2) is 38.0 Å². The second-order valence-electron chi connectivity index (χ2n) is 7.00. The van der Waals surface area contributed by atoms with Gasteiger partial charge in [-0.25, -0.2) is 8.42 Å². The summed E-state index contributed by atoms with van der Waals surface area (Å²) < 4.78 is 34.6. The average molecular weight is 373 g/mol. The highest BCUT2D eigenvalue weighted by molar-refractivity contribution is 7.91. The number of fused-ring (bicyclic) bond motifs is 3. The molecule has 0 bridgehead atoms. The molecule has 1 fully saturated rings. The maximum absolute atomic E-state index is 12.2. The van der Waals surface area contributed by atoms with E-state index in [9.17, 15) is 13.2 Å². The summed E-state index contributed by atoms with van der Waals surface area (Å²) >= 11 is 0. The maximum atomic E-state index is 12.2. The van der Waals surface area contributed by atoms with E-state index in [2.05, 4.69) is 5.32 Å². The fourth-order valence-corrected chi connectivity index (χ4v) is 5.52. The Bertz CT molecular complexity index is 1100. The van der Waals surface area contributed by atoms with Gasteiger partial charge < -0.3 is 14.5 Å². The molecule has 6 nitrogen and oxygen atoms in total. The summed E-state index contributed by atoms with van der Waals surface area (Å²) in [5.41, 5.74) is 0.837. The number of carbonyl (C=O) groups excluding carboxylic acids is 1. The van der Waals surface area contributed by atoms with Crippen LogP contribution >= 0.6 is 0 Å². The van der Waals surface area contributed by atoms with Crippen molar-refractivity contribution in [3.05, 3.63) is 42.5 Å². The van der Waals surface area contributed by atoms with Crippen LogP contribution < -0.4 is 10.1 Å². The van der Waals surface area contributed by atoms with Crippen LogP contribution in [0.5, 0.6) is 5.75 Å². The molecule has 0 unspecified atom stereocenters. The third kappa shape index (κ3) is 3.26. The van der Waals surface area contributed by atoms with Crippen molar-refractivity contribution in [1.29, 1.82) is 0 Å². The van der Waals surface area contributed by atoms with Crippen molar-refractivity contribution < 1.29 is 22.4 Å². The molecule has 0 aliphatic carbocycles. The van der Waals surface area contributed by atoms with Crippen molar-refractivity contribution in [3.63, 3.8) is 0 Å². The fourth-order valence-electron chi connectivity index (χ4n) is 3.43. The fraction of sp³-hybridized carbons (Fsp3) is 0.316. The zero-order valence-electron chi connectivity index (χ0n) is 14.3. The van der Waals surface area contributed by atoms with Crippen LogP contribution in [0.25, 0.3) is 21.9 Å². The summed E-state index contributed by atoms with van der Waals surface area (Å²) in [6.45, 7) is 1.58. The highest BCUT2D eigenvalue weighted by Gasteiger charge is 2.39. The van der Waals surface area contributed by atoms with Crippen molar-refractivity contribution in [2.24, 2.45) is 0 Å². The molecular weight excluding hydrogens is 354 g/mol. The molecule has 7 heteroatoms. The van der Waals surface area contributed by atoms with E-state index in [0.717, 1.165) is 21.9 Å². The highest BCUT2D eigenvalue weighted by atomic mass is 32.2. The Hall–Kier alpha value is -2.54. The Morgan fingerprint density at radius 3 is 2.73 bits per heavy atom. The molecule has 1 aliphatic heterocycles. The number of para-hydroxylation sites is 1. The molecule has 1 amide bonds. The van der Waals surface area contributed by atoms with Gasteiger partial charge in [0.2, 0.25) is 0 Å². The normalized spacial score (nSPS) is 21.9. The first-order chi connectivity index (χ1) is 12.3. The van der Waals surface area contributed by atoms with E-state index in [-0.39, 0.29) is 24.0 Å². The first-order valence-electron chi connectivity index (χ1n) is 8.39. The average Bonchev–Trinajstić information content (AvgIpc) is 3.09. The summed E-state index contributed by atoms with van der Waals surface area (Å²) in [7, 11) is -3.07. The number of sulfone groups is 1. The SMILES string of the molecule is C[C@@]1(NC(=O)COc2ccc3oc4ccccc4c3c2)CCS(=O)(=O)C1. The molecule has 0 radical (unpaired) electrons. The van der Waals surface area contributed by atoms with Crippen LogP contribution in [0.4, 0.5) is 0 Å². The number of carbonyl (C=O) groups is 1. The quantitative estimate of drug-likeness (QED) is 0.760. The molecule has 136 valence electrons. The predicted octanol–water partition coefficient (Wildman–Crippen LogP) is 2.66. The molecule has 4 rings (SSSR count). The third-order valence-corrected chi connectivity index (χ3v) is 6.57. The molecular formula is C19H19NO5S. The molecule has 1 aliphatic rings. The number of amides is 1. The van der Waals surface area contributed by atoms with Crippen LogP contribution in [0, 0.1) is 0 Å². The number of benzene rings is 2. The van der Waals surface area contributed by atoms with E-state index < -0.39 is 15.4 Å². The third-order valence-electron chi connectivity index (χ3n) is 4.66. The van der Waals surface area contributed by atoms with Crippen molar-refractivity contribution in [2.45, 2.75) is 18.9 Å². The summed E-state index contributed by atoms with van der Waals surface area (Å²) in [4.78, 5) is 12.2. The molecule has 1 atom stereocenters. The number of hydrogen-bond donors (Lipinski definition) is 1. The van der Waals surface area contributed by atoms with Crippen LogP contribution in [0.2, 0.25) is 0 Å². The lowest BCUT2D eigenvalue weighted by Gasteiger charge is -2.23. The zero-order chi connectivity index (χ0) is 18.4. The topological polar surface area (TPSA) is 85.6 Å². The molecule has 1 saturated heterocycles. The zero-order valence-corrected chi connectivity index (χ0v) is 15.1. The lowest BCUT2D eigenvalue weighted by molar-refractivity contribution is -0.124. The summed E-state index contributed by atoms with van der Waals surface area (Å²) in [5.74, 6) is 0.304. The molecule has 0 spiro atoms. The van der Waals surface area contributed by atoms with Gasteiger partial charge in [-0.3, -0.25) is 4.79 Å². The van der Waals surface area contributed by atoms with Crippen LogP contribution in [0.15, 0.2) is 46.9 Å². The second kappa shape index (κ2) is 6.02. The van der Waals surface area contributed by atoms with Gasteiger partial charge in [0.15, 0.2) is 16.4 Å². The Morgan fingerprint density at radius 2 is 1.96 bits per heavy atom. The van der Waals surface area contributed by atoms with Crippen LogP contribution in [0.3, 0.4) is 0 Å². The predicted molar refractivity (Wildman–Crippen MR) is 99.0 cm³/mol. The van der Waals surface area contributed by atoms with Gasteiger partial charge in [-0.15, -0.1) is 0 Å². The first kappa shape index (κ1) is 16.9. The van der Waals surface area contributed by atoms with Gasteiger partial charge in [-0.05, 0) is 37.6 Å². The molecule has 0 saturated carbocycles. The van der Waals surface area contributed by atoms with Gasteiger partial charge in [0.25, 0.3) is 5.91 Å². The Morgan fingerprint density at radius 1 is 1.19 bits per heavy atom. The molecule has 2 aromatic carbocycles. The molecule has 1 N–H and O–H groups in total. The smallest absolute Gasteiger partial charge is 0.258 e. The minimum Gasteiger partial charge on any atom is -0.484 e. The first-order valence-corrected chi connectivity index (χ1v) is 10.2. The van der Waals surface area contributed by atoms with Crippen molar-refractivity contribution in [1.82, 2.24) is 5.32 Å². The number of furan rings is 1. The van der Waals surface area contributed by atoms with E-state index in [1.54, 1.807) is 13.0 Å². The molecule has 3 aromatic rings. The monoisotopic (exact) mass is 373 g/mol. The number of nitrogens with one attached hydrogen (secondary N) is 1. The van der Waals surface area contributed by atoms with Crippen LogP contribution in [0.1, 0.15) is 13.3 Å². The minimum atomic E-state index is -3.07. The van der Waals surface area contributed by atoms with E-state index >= 15 is 0 Å². The maximum Gasteiger partial charge on any atom is 0.258 e. The van der Waals surface area contributed by atoms with Crippen LogP contribution in [-0.2, 0) is 14.6 Å². The Kier molecular flexibility index (Phi) is 3.91. The van der Waals surface area contributed by atoms with Crippen molar-refractivity contribution in [3.8, 4) is 5.75 Å². The van der Waals surface area contributed by atoms with Gasteiger partial charge in [0, 0.05) is 10.8 Å². The van der Waals surface area contributed by atoms with Crippen molar-refractivity contribution in [2.75, 3.05) is 18.1 Å². The largest absolute Gasteiger partial charge is 0.484 e. The van der Waals surface area contributed by atoms with E-state index in [1.165, 1.54) is 0 Å². The lowest BCUT2D eigenvalue weighted by Crippen LogP contribution is -2.48. The number of hydrogen-bond acceptors (Lipinski definition) is 5. The summed E-state index contributed by atoms with van der Waals surface area (Å²) in [6.07, 6.45) is 0.425. The van der Waals surface area contributed by atoms with E-state index in [4.69, 9.17) is 9.15 Å². The summed E-state index contributed by atoms with van der Waals surface area (Å²) in [5, 5.41) is 4.69.